The Morgan fingerprint density at radius 2 is 1.77 bits per heavy atom. The maximum absolute atomic E-state index is 12.3. The normalized spacial score (nSPS) is 19.5. The SMILES string of the molecule is CCOC(=O)c1c(B2OC(C)(C)C(C)(C)O2)c(CC)nn1C. The molecule has 2 heterocycles. The minimum Gasteiger partial charge on any atom is -0.461 e. The maximum atomic E-state index is 12.3. The second-order valence-electron chi connectivity index (χ2n) is 6.49. The summed E-state index contributed by atoms with van der Waals surface area (Å²) < 4.78 is 18.9. The van der Waals surface area contributed by atoms with Crippen molar-refractivity contribution in [3.63, 3.8) is 0 Å². The molecular formula is C15H25BN2O4. The molecule has 1 aliphatic heterocycles. The monoisotopic (exact) mass is 308 g/mol. The first-order valence-electron chi connectivity index (χ1n) is 7.73. The summed E-state index contributed by atoms with van der Waals surface area (Å²) in [7, 11) is 1.12. The van der Waals surface area contributed by atoms with Gasteiger partial charge in [0.15, 0.2) is 0 Å². The van der Waals surface area contributed by atoms with Gasteiger partial charge in [0.05, 0.1) is 23.5 Å². The number of esters is 1. The van der Waals surface area contributed by atoms with Crippen LogP contribution in [-0.4, -0.2) is 40.7 Å². The van der Waals surface area contributed by atoms with Crippen LogP contribution in [0, 0.1) is 0 Å². The van der Waals surface area contributed by atoms with Crippen molar-refractivity contribution in [2.45, 2.75) is 59.2 Å². The molecule has 0 unspecified atom stereocenters. The second kappa shape index (κ2) is 5.70. The lowest BCUT2D eigenvalue weighted by atomic mass is 9.76. The maximum Gasteiger partial charge on any atom is 0.499 e. The average molecular weight is 308 g/mol. The Labute approximate surface area is 132 Å². The summed E-state index contributed by atoms with van der Waals surface area (Å²) in [5, 5.41) is 4.43. The first-order chi connectivity index (χ1) is 10.1. The molecule has 0 aromatic carbocycles. The lowest BCUT2D eigenvalue weighted by Gasteiger charge is -2.32. The van der Waals surface area contributed by atoms with E-state index in [1.54, 1.807) is 18.7 Å². The number of rotatable bonds is 4. The van der Waals surface area contributed by atoms with Crippen LogP contribution in [0.3, 0.4) is 0 Å². The molecule has 7 heteroatoms. The van der Waals surface area contributed by atoms with Crippen molar-refractivity contribution in [3.8, 4) is 0 Å². The predicted octanol–water partition coefficient (Wildman–Crippen LogP) is 1.46. The molecule has 1 fully saturated rings. The van der Waals surface area contributed by atoms with Crippen LogP contribution in [0.25, 0.3) is 0 Å². The van der Waals surface area contributed by atoms with E-state index in [0.29, 0.717) is 24.2 Å². The molecule has 0 amide bonds. The van der Waals surface area contributed by atoms with Gasteiger partial charge >= 0.3 is 13.1 Å². The third-order valence-electron chi connectivity index (χ3n) is 4.45. The summed E-state index contributed by atoms with van der Waals surface area (Å²) in [6.07, 6.45) is 0.687. The molecule has 22 heavy (non-hydrogen) atoms. The molecule has 2 rings (SSSR count). The zero-order valence-electron chi connectivity index (χ0n) is 14.5. The number of aromatic nitrogens is 2. The van der Waals surface area contributed by atoms with E-state index in [-0.39, 0.29) is 0 Å². The van der Waals surface area contributed by atoms with Gasteiger partial charge in [0, 0.05) is 12.5 Å². The van der Waals surface area contributed by atoms with Gasteiger partial charge < -0.3 is 14.0 Å². The van der Waals surface area contributed by atoms with Gasteiger partial charge in [-0.15, -0.1) is 0 Å². The summed E-state index contributed by atoms with van der Waals surface area (Å²) in [5.41, 5.74) is 0.942. The highest BCUT2D eigenvalue weighted by Gasteiger charge is 2.54. The Morgan fingerprint density at radius 3 is 2.23 bits per heavy atom. The van der Waals surface area contributed by atoms with Crippen LogP contribution in [0.5, 0.6) is 0 Å². The van der Waals surface area contributed by atoms with Crippen molar-refractivity contribution >= 4 is 18.6 Å². The number of aryl methyl sites for hydroxylation is 2. The number of hydrogen-bond acceptors (Lipinski definition) is 5. The minimum absolute atomic E-state index is 0.314. The van der Waals surface area contributed by atoms with E-state index in [1.165, 1.54) is 0 Å². The number of carbonyl (C=O) groups is 1. The van der Waals surface area contributed by atoms with Crippen molar-refractivity contribution in [3.05, 3.63) is 11.4 Å². The summed E-state index contributed by atoms with van der Waals surface area (Å²) in [6, 6.07) is 0. The number of hydrogen-bond donors (Lipinski definition) is 0. The highest BCUT2D eigenvalue weighted by atomic mass is 16.7. The van der Waals surface area contributed by atoms with E-state index in [9.17, 15) is 4.79 Å². The molecule has 0 saturated carbocycles. The van der Waals surface area contributed by atoms with Crippen molar-refractivity contribution < 1.29 is 18.8 Å². The van der Waals surface area contributed by atoms with Crippen LogP contribution in [0.15, 0.2) is 0 Å². The number of nitrogens with zero attached hydrogens (tertiary/aromatic N) is 2. The fourth-order valence-electron chi connectivity index (χ4n) is 2.51. The number of ether oxygens (including phenoxy) is 1. The van der Waals surface area contributed by atoms with Crippen LogP contribution in [0.1, 0.15) is 57.7 Å². The van der Waals surface area contributed by atoms with Crippen molar-refractivity contribution in [2.75, 3.05) is 6.61 Å². The standard InChI is InChI=1S/C15H25BN2O4/c1-8-10-11(12(18(7)17-10)13(19)20-9-2)16-21-14(3,4)15(5,6)22-16/h8-9H2,1-7H3. The smallest absolute Gasteiger partial charge is 0.461 e. The van der Waals surface area contributed by atoms with Gasteiger partial charge in [0.25, 0.3) is 0 Å². The van der Waals surface area contributed by atoms with Crippen molar-refractivity contribution in [2.24, 2.45) is 7.05 Å². The van der Waals surface area contributed by atoms with E-state index >= 15 is 0 Å². The average Bonchev–Trinajstić information content (AvgIpc) is 2.84. The minimum atomic E-state index is -0.618. The first kappa shape index (κ1) is 17.0. The van der Waals surface area contributed by atoms with E-state index in [1.807, 2.05) is 34.6 Å². The van der Waals surface area contributed by atoms with Gasteiger partial charge in [-0.05, 0) is 41.0 Å². The molecule has 0 aliphatic carbocycles. The molecule has 1 saturated heterocycles. The summed E-state index contributed by atoms with van der Waals surface area (Å²) in [4.78, 5) is 12.3. The van der Waals surface area contributed by atoms with Gasteiger partial charge in [-0.2, -0.15) is 5.10 Å². The predicted molar refractivity (Wildman–Crippen MR) is 84.3 cm³/mol. The quantitative estimate of drug-likeness (QED) is 0.622. The van der Waals surface area contributed by atoms with E-state index in [4.69, 9.17) is 14.0 Å². The van der Waals surface area contributed by atoms with Gasteiger partial charge in [0.2, 0.25) is 0 Å². The molecule has 1 aromatic heterocycles. The van der Waals surface area contributed by atoms with E-state index < -0.39 is 24.3 Å². The Morgan fingerprint density at radius 1 is 1.23 bits per heavy atom. The zero-order chi connectivity index (χ0) is 16.7. The van der Waals surface area contributed by atoms with Crippen molar-refractivity contribution in [1.82, 2.24) is 9.78 Å². The Kier molecular flexibility index (Phi) is 4.41. The molecule has 0 atom stereocenters. The summed E-state index contributed by atoms with van der Waals surface area (Å²) >= 11 is 0. The molecule has 0 N–H and O–H groups in total. The molecule has 0 spiro atoms. The third kappa shape index (κ3) is 2.67. The number of carbonyl (C=O) groups excluding carboxylic acids is 1. The lowest BCUT2D eigenvalue weighted by molar-refractivity contribution is 0.00578. The van der Waals surface area contributed by atoms with Gasteiger partial charge in [-0.3, -0.25) is 4.68 Å². The first-order valence-corrected chi connectivity index (χ1v) is 7.73. The fraction of sp³-hybridized carbons (Fsp3) is 0.733. The molecule has 0 radical (unpaired) electrons. The third-order valence-corrected chi connectivity index (χ3v) is 4.45. The van der Waals surface area contributed by atoms with Crippen LogP contribution in [0.4, 0.5) is 0 Å². The van der Waals surface area contributed by atoms with Crippen LogP contribution < -0.4 is 5.46 Å². The molecule has 0 bridgehead atoms. The molecule has 1 aromatic rings. The Bertz CT molecular complexity index is 564. The zero-order valence-corrected chi connectivity index (χ0v) is 14.5. The molecular weight excluding hydrogens is 283 g/mol. The Balaban J connectivity index is 2.49. The largest absolute Gasteiger partial charge is 0.499 e. The van der Waals surface area contributed by atoms with Crippen LogP contribution >= 0.6 is 0 Å². The molecule has 1 aliphatic rings. The van der Waals surface area contributed by atoms with Gasteiger partial charge in [-0.25, -0.2) is 4.79 Å². The second-order valence-corrected chi connectivity index (χ2v) is 6.49. The van der Waals surface area contributed by atoms with Crippen molar-refractivity contribution in [1.29, 1.82) is 0 Å². The van der Waals surface area contributed by atoms with E-state index in [2.05, 4.69) is 5.10 Å². The fourth-order valence-corrected chi connectivity index (χ4v) is 2.51. The van der Waals surface area contributed by atoms with E-state index in [0.717, 1.165) is 5.69 Å². The van der Waals surface area contributed by atoms with Gasteiger partial charge in [0.1, 0.15) is 5.69 Å². The summed E-state index contributed by atoms with van der Waals surface area (Å²) in [6.45, 7) is 12.0. The highest BCUT2D eigenvalue weighted by Crippen LogP contribution is 2.37. The highest BCUT2D eigenvalue weighted by molar-refractivity contribution is 6.64. The lowest BCUT2D eigenvalue weighted by Crippen LogP contribution is -2.41. The van der Waals surface area contributed by atoms with Crippen LogP contribution in [-0.2, 0) is 27.5 Å². The molecule has 122 valence electrons. The Hall–Kier alpha value is -1.34. The summed E-state index contributed by atoms with van der Waals surface area (Å²) in [5.74, 6) is -0.401. The van der Waals surface area contributed by atoms with Crippen LogP contribution in [0.2, 0.25) is 0 Å². The topological polar surface area (TPSA) is 62.6 Å². The van der Waals surface area contributed by atoms with Gasteiger partial charge in [-0.1, -0.05) is 6.92 Å². The molecule has 6 nitrogen and oxygen atoms in total.